The lowest BCUT2D eigenvalue weighted by atomic mass is 9.96. The molecule has 1 aliphatic carbocycles. The Morgan fingerprint density at radius 1 is 1.20 bits per heavy atom. The van der Waals surface area contributed by atoms with Gasteiger partial charge in [0.25, 0.3) is 0 Å². The first kappa shape index (κ1) is 10.9. The number of hydrogen-bond donors (Lipinski definition) is 1. The first-order chi connectivity index (χ1) is 7.27. The van der Waals surface area contributed by atoms with Crippen LogP contribution in [0.4, 0.5) is 0 Å². The van der Waals surface area contributed by atoms with Crippen molar-refractivity contribution in [1.29, 1.82) is 0 Å². The van der Waals surface area contributed by atoms with Gasteiger partial charge in [0.15, 0.2) is 0 Å². The predicted molar refractivity (Wildman–Crippen MR) is 58.8 cm³/mol. The zero-order chi connectivity index (χ0) is 10.7. The molecule has 1 heterocycles. The number of aliphatic carboxylic acids is 1. The van der Waals surface area contributed by atoms with E-state index >= 15 is 0 Å². The highest BCUT2D eigenvalue weighted by atomic mass is 16.4. The summed E-state index contributed by atoms with van der Waals surface area (Å²) in [6, 6.07) is 0.701. The normalized spacial score (nSPS) is 28.7. The summed E-state index contributed by atoms with van der Waals surface area (Å²) in [5.74, 6) is 0.202. The Kier molecular flexibility index (Phi) is 3.62. The first-order valence-electron chi connectivity index (χ1n) is 6.23. The van der Waals surface area contributed by atoms with Gasteiger partial charge in [-0.2, -0.15) is 0 Å². The molecule has 15 heavy (non-hydrogen) atoms. The molecule has 0 aromatic heterocycles. The zero-order valence-electron chi connectivity index (χ0n) is 9.32. The van der Waals surface area contributed by atoms with Crippen molar-refractivity contribution >= 4 is 5.97 Å². The van der Waals surface area contributed by atoms with E-state index in [9.17, 15) is 4.79 Å². The maximum Gasteiger partial charge on any atom is 0.304 e. The lowest BCUT2D eigenvalue weighted by Crippen LogP contribution is -2.36. The molecular weight excluding hydrogens is 190 g/mol. The number of nitrogens with zero attached hydrogens (tertiary/aromatic N) is 1. The summed E-state index contributed by atoms with van der Waals surface area (Å²) < 4.78 is 0. The Morgan fingerprint density at radius 2 is 1.93 bits per heavy atom. The van der Waals surface area contributed by atoms with Crippen molar-refractivity contribution < 1.29 is 9.90 Å². The van der Waals surface area contributed by atoms with Crippen molar-refractivity contribution in [3.63, 3.8) is 0 Å². The van der Waals surface area contributed by atoms with Gasteiger partial charge >= 0.3 is 5.97 Å². The van der Waals surface area contributed by atoms with Crippen molar-refractivity contribution in [3.05, 3.63) is 0 Å². The molecule has 3 nitrogen and oxygen atoms in total. The Morgan fingerprint density at radius 3 is 2.60 bits per heavy atom. The molecule has 3 heteroatoms. The van der Waals surface area contributed by atoms with Gasteiger partial charge in [0.05, 0.1) is 6.42 Å². The summed E-state index contributed by atoms with van der Waals surface area (Å²) in [6.45, 7) is 1.88. The average molecular weight is 211 g/mol. The van der Waals surface area contributed by atoms with Crippen LogP contribution >= 0.6 is 0 Å². The number of carboxylic acids is 1. The van der Waals surface area contributed by atoms with Crippen molar-refractivity contribution in [2.75, 3.05) is 13.1 Å². The second-order valence-corrected chi connectivity index (χ2v) is 4.93. The van der Waals surface area contributed by atoms with Gasteiger partial charge in [-0.05, 0) is 38.1 Å². The largest absolute Gasteiger partial charge is 0.481 e. The van der Waals surface area contributed by atoms with E-state index in [1.807, 2.05) is 0 Å². The summed E-state index contributed by atoms with van der Waals surface area (Å²) in [7, 11) is 0. The van der Waals surface area contributed by atoms with E-state index in [-0.39, 0.29) is 0 Å². The highest BCUT2D eigenvalue weighted by molar-refractivity contribution is 5.66. The lowest BCUT2D eigenvalue weighted by Gasteiger charge is -2.28. The van der Waals surface area contributed by atoms with Gasteiger partial charge in [-0.3, -0.25) is 9.69 Å². The summed E-state index contributed by atoms with van der Waals surface area (Å²) >= 11 is 0. The fourth-order valence-corrected chi connectivity index (χ4v) is 3.24. The molecule has 2 fully saturated rings. The molecule has 0 radical (unpaired) electrons. The summed E-state index contributed by atoms with van der Waals surface area (Å²) in [5, 5.41) is 8.70. The molecule has 1 atom stereocenters. The lowest BCUT2D eigenvalue weighted by molar-refractivity contribution is -0.137. The molecule has 0 bridgehead atoms. The predicted octanol–water partition coefficient (Wildman–Crippen LogP) is 2.12. The maximum atomic E-state index is 10.6. The van der Waals surface area contributed by atoms with Crippen LogP contribution in [0.1, 0.15) is 44.9 Å². The fourth-order valence-electron chi connectivity index (χ4n) is 3.24. The molecule has 1 saturated carbocycles. The van der Waals surface area contributed by atoms with Crippen molar-refractivity contribution in [2.24, 2.45) is 5.92 Å². The topological polar surface area (TPSA) is 40.5 Å². The van der Waals surface area contributed by atoms with E-state index < -0.39 is 5.97 Å². The second kappa shape index (κ2) is 4.97. The van der Waals surface area contributed by atoms with E-state index in [0.29, 0.717) is 12.5 Å². The molecule has 0 aromatic carbocycles. The minimum atomic E-state index is -0.660. The molecule has 0 aromatic rings. The molecule has 2 aliphatic rings. The number of rotatable bonds is 4. The summed E-state index contributed by atoms with van der Waals surface area (Å²) in [5.41, 5.74) is 0. The smallest absolute Gasteiger partial charge is 0.304 e. The number of carbonyl (C=O) groups is 1. The van der Waals surface area contributed by atoms with Gasteiger partial charge in [-0.1, -0.05) is 12.8 Å². The van der Waals surface area contributed by atoms with E-state index in [2.05, 4.69) is 4.90 Å². The average Bonchev–Trinajstić information content (AvgIpc) is 2.85. The molecule has 2 rings (SSSR count). The number of carboxylic acid groups (broad SMARTS) is 1. The van der Waals surface area contributed by atoms with Crippen LogP contribution in [0.15, 0.2) is 0 Å². The van der Waals surface area contributed by atoms with Gasteiger partial charge in [-0.25, -0.2) is 0 Å². The number of likely N-dealkylation sites (tertiary alicyclic amines) is 1. The molecular formula is C12H21NO2. The summed E-state index contributed by atoms with van der Waals surface area (Å²) in [6.07, 6.45) is 8.37. The van der Waals surface area contributed by atoms with Crippen LogP contribution < -0.4 is 0 Å². The Bertz CT molecular complexity index is 224. The molecule has 0 spiro atoms. The quantitative estimate of drug-likeness (QED) is 0.774. The van der Waals surface area contributed by atoms with Crippen LogP contribution in [0.25, 0.3) is 0 Å². The van der Waals surface area contributed by atoms with Crippen LogP contribution in [0.2, 0.25) is 0 Å². The Labute approximate surface area is 91.5 Å². The molecule has 0 amide bonds. The van der Waals surface area contributed by atoms with Gasteiger partial charge in [0.1, 0.15) is 0 Å². The van der Waals surface area contributed by atoms with Gasteiger partial charge in [0, 0.05) is 12.6 Å². The van der Waals surface area contributed by atoms with E-state index in [0.717, 1.165) is 19.0 Å². The third-order valence-electron chi connectivity index (χ3n) is 3.97. The Balaban J connectivity index is 1.84. The van der Waals surface area contributed by atoms with Crippen molar-refractivity contribution in [3.8, 4) is 0 Å². The van der Waals surface area contributed by atoms with Gasteiger partial charge < -0.3 is 5.11 Å². The molecule has 1 aliphatic heterocycles. The van der Waals surface area contributed by atoms with E-state index in [1.165, 1.54) is 38.5 Å². The third-order valence-corrected chi connectivity index (χ3v) is 3.97. The highest BCUT2D eigenvalue weighted by Crippen LogP contribution is 2.35. The van der Waals surface area contributed by atoms with Gasteiger partial charge in [0.2, 0.25) is 0 Å². The first-order valence-corrected chi connectivity index (χ1v) is 6.23. The number of hydrogen-bond acceptors (Lipinski definition) is 2. The highest BCUT2D eigenvalue weighted by Gasteiger charge is 2.32. The van der Waals surface area contributed by atoms with Crippen LogP contribution in [0.5, 0.6) is 0 Å². The molecule has 1 saturated heterocycles. The third kappa shape index (κ3) is 2.71. The second-order valence-electron chi connectivity index (χ2n) is 4.93. The van der Waals surface area contributed by atoms with Crippen LogP contribution in [0, 0.1) is 5.92 Å². The summed E-state index contributed by atoms with van der Waals surface area (Å²) in [4.78, 5) is 13.0. The monoisotopic (exact) mass is 211 g/mol. The van der Waals surface area contributed by atoms with Gasteiger partial charge in [-0.15, -0.1) is 0 Å². The standard InChI is InChI=1S/C12H21NO2/c14-12(15)7-9-13-8-3-6-11(13)10-4-1-2-5-10/h10-11H,1-9H2,(H,14,15). The van der Waals surface area contributed by atoms with Crippen LogP contribution in [-0.4, -0.2) is 35.1 Å². The van der Waals surface area contributed by atoms with E-state index in [4.69, 9.17) is 5.11 Å². The molecule has 86 valence electrons. The molecule has 1 unspecified atom stereocenters. The van der Waals surface area contributed by atoms with Crippen molar-refractivity contribution in [2.45, 2.75) is 51.0 Å². The fraction of sp³-hybridized carbons (Fsp3) is 0.917. The zero-order valence-corrected chi connectivity index (χ0v) is 9.32. The minimum absolute atomic E-state index is 0.309. The van der Waals surface area contributed by atoms with Crippen LogP contribution in [0.3, 0.4) is 0 Å². The molecule has 1 N–H and O–H groups in total. The Hall–Kier alpha value is -0.570. The van der Waals surface area contributed by atoms with Crippen LogP contribution in [-0.2, 0) is 4.79 Å². The SMILES string of the molecule is O=C(O)CCN1CCCC1C1CCCC1. The maximum absolute atomic E-state index is 10.6. The van der Waals surface area contributed by atoms with E-state index in [1.54, 1.807) is 0 Å². The minimum Gasteiger partial charge on any atom is -0.481 e. The van der Waals surface area contributed by atoms with Crippen molar-refractivity contribution in [1.82, 2.24) is 4.90 Å².